The molecule has 0 atom stereocenters. The van der Waals surface area contributed by atoms with Crippen LogP contribution >= 0.6 is 11.8 Å². The molecule has 6 nitrogen and oxygen atoms in total. The molecule has 3 heterocycles. The first-order chi connectivity index (χ1) is 13.3. The van der Waals surface area contributed by atoms with E-state index in [-0.39, 0.29) is 5.82 Å². The molecule has 1 fully saturated rings. The summed E-state index contributed by atoms with van der Waals surface area (Å²) in [6, 6.07) is 10.2. The van der Waals surface area contributed by atoms with E-state index >= 15 is 0 Å². The van der Waals surface area contributed by atoms with E-state index in [1.165, 1.54) is 12.1 Å². The quantitative estimate of drug-likeness (QED) is 0.608. The Morgan fingerprint density at radius 1 is 1.00 bits per heavy atom. The summed E-state index contributed by atoms with van der Waals surface area (Å²) in [6.07, 6.45) is 3.45. The van der Waals surface area contributed by atoms with Crippen molar-refractivity contribution in [3.05, 3.63) is 54.6 Å². The standard InChI is InChI=1S/C19H20FN5OS/c20-16-1-3-17(4-2-16)25-18(15-5-7-21-8-6-15)22-23-19(25)27-14-11-24-9-12-26-13-10-24/h1-8H,9-14H2. The number of hydrogen-bond acceptors (Lipinski definition) is 6. The fraction of sp³-hybridized carbons (Fsp3) is 0.316. The third-order valence-corrected chi connectivity index (χ3v) is 5.31. The average molecular weight is 385 g/mol. The predicted octanol–water partition coefficient (Wildman–Crippen LogP) is 2.89. The van der Waals surface area contributed by atoms with Crippen LogP contribution in [-0.4, -0.2) is 63.2 Å². The Morgan fingerprint density at radius 2 is 1.74 bits per heavy atom. The number of aromatic nitrogens is 4. The molecule has 0 aliphatic carbocycles. The van der Waals surface area contributed by atoms with E-state index in [1.807, 2.05) is 16.7 Å². The van der Waals surface area contributed by atoms with Crippen LogP contribution in [0, 0.1) is 5.82 Å². The smallest absolute Gasteiger partial charge is 0.196 e. The van der Waals surface area contributed by atoms with Gasteiger partial charge in [-0.1, -0.05) is 11.8 Å². The van der Waals surface area contributed by atoms with Crippen LogP contribution in [0.5, 0.6) is 0 Å². The molecule has 1 aliphatic rings. The van der Waals surface area contributed by atoms with E-state index in [4.69, 9.17) is 4.74 Å². The summed E-state index contributed by atoms with van der Waals surface area (Å²) < 4.78 is 20.8. The van der Waals surface area contributed by atoms with E-state index < -0.39 is 0 Å². The maximum absolute atomic E-state index is 13.4. The number of benzene rings is 1. The number of morpholine rings is 1. The fourth-order valence-corrected chi connectivity index (χ4v) is 3.92. The van der Waals surface area contributed by atoms with Crippen LogP contribution in [0.15, 0.2) is 53.9 Å². The van der Waals surface area contributed by atoms with Gasteiger partial charge in [0.05, 0.1) is 13.2 Å². The van der Waals surface area contributed by atoms with E-state index in [0.717, 1.165) is 60.8 Å². The highest BCUT2D eigenvalue weighted by molar-refractivity contribution is 7.99. The molecule has 0 radical (unpaired) electrons. The molecule has 1 aromatic carbocycles. The van der Waals surface area contributed by atoms with Gasteiger partial charge in [-0.05, 0) is 36.4 Å². The average Bonchev–Trinajstić information content (AvgIpc) is 3.14. The molecule has 2 aromatic heterocycles. The Kier molecular flexibility index (Phi) is 5.76. The maximum Gasteiger partial charge on any atom is 0.196 e. The number of thioether (sulfide) groups is 1. The van der Waals surface area contributed by atoms with Crippen molar-refractivity contribution in [1.82, 2.24) is 24.6 Å². The number of ether oxygens (including phenoxy) is 1. The van der Waals surface area contributed by atoms with E-state index in [1.54, 1.807) is 36.3 Å². The molecule has 4 rings (SSSR count). The Morgan fingerprint density at radius 3 is 2.48 bits per heavy atom. The van der Waals surface area contributed by atoms with Crippen LogP contribution in [0.4, 0.5) is 4.39 Å². The van der Waals surface area contributed by atoms with Crippen molar-refractivity contribution in [2.24, 2.45) is 0 Å². The summed E-state index contributed by atoms with van der Waals surface area (Å²) in [5.74, 6) is 1.35. The number of hydrogen-bond donors (Lipinski definition) is 0. The minimum atomic E-state index is -0.265. The summed E-state index contributed by atoms with van der Waals surface area (Å²) in [6.45, 7) is 4.49. The van der Waals surface area contributed by atoms with Gasteiger partial charge in [-0.2, -0.15) is 0 Å². The van der Waals surface area contributed by atoms with Gasteiger partial charge in [0.2, 0.25) is 0 Å². The lowest BCUT2D eigenvalue weighted by Gasteiger charge is -2.26. The van der Waals surface area contributed by atoms with Gasteiger partial charge in [-0.25, -0.2) is 4.39 Å². The second kappa shape index (κ2) is 8.60. The second-order valence-corrected chi connectivity index (χ2v) is 7.22. The monoisotopic (exact) mass is 385 g/mol. The molecule has 0 unspecified atom stereocenters. The summed E-state index contributed by atoms with van der Waals surface area (Å²) in [5, 5.41) is 9.57. The molecule has 0 spiro atoms. The summed E-state index contributed by atoms with van der Waals surface area (Å²) >= 11 is 1.65. The van der Waals surface area contributed by atoms with Gasteiger partial charge in [-0.15, -0.1) is 10.2 Å². The van der Waals surface area contributed by atoms with E-state index in [9.17, 15) is 4.39 Å². The Hall–Kier alpha value is -2.29. The van der Waals surface area contributed by atoms with Crippen LogP contribution in [0.3, 0.4) is 0 Å². The number of rotatable bonds is 6. The van der Waals surface area contributed by atoms with Crippen molar-refractivity contribution in [3.63, 3.8) is 0 Å². The minimum Gasteiger partial charge on any atom is -0.379 e. The fourth-order valence-electron chi connectivity index (χ4n) is 2.97. The van der Waals surface area contributed by atoms with Gasteiger partial charge < -0.3 is 4.74 Å². The van der Waals surface area contributed by atoms with Crippen LogP contribution in [0.25, 0.3) is 17.1 Å². The molecule has 0 amide bonds. The van der Waals surface area contributed by atoms with Crippen molar-refractivity contribution in [3.8, 4) is 17.1 Å². The van der Waals surface area contributed by atoms with Crippen LogP contribution < -0.4 is 0 Å². The van der Waals surface area contributed by atoms with Gasteiger partial charge in [-0.3, -0.25) is 14.5 Å². The third-order valence-electron chi connectivity index (χ3n) is 4.40. The lowest BCUT2D eigenvalue weighted by Crippen LogP contribution is -2.37. The van der Waals surface area contributed by atoms with Gasteiger partial charge in [0, 0.05) is 49.0 Å². The molecule has 8 heteroatoms. The lowest BCUT2D eigenvalue weighted by atomic mass is 10.2. The van der Waals surface area contributed by atoms with Crippen LogP contribution in [-0.2, 0) is 4.74 Å². The highest BCUT2D eigenvalue weighted by Crippen LogP contribution is 2.27. The minimum absolute atomic E-state index is 0.265. The van der Waals surface area contributed by atoms with Crippen molar-refractivity contribution in [2.45, 2.75) is 5.16 Å². The van der Waals surface area contributed by atoms with Gasteiger partial charge in [0.25, 0.3) is 0 Å². The predicted molar refractivity (Wildman–Crippen MR) is 103 cm³/mol. The van der Waals surface area contributed by atoms with Crippen molar-refractivity contribution in [2.75, 3.05) is 38.6 Å². The SMILES string of the molecule is Fc1ccc(-n2c(SCCN3CCOCC3)nnc2-c2ccncc2)cc1. The first kappa shape index (κ1) is 18.1. The molecular weight excluding hydrogens is 365 g/mol. The molecule has 1 saturated heterocycles. The molecule has 0 bridgehead atoms. The Bertz CT molecular complexity index is 866. The summed E-state index contributed by atoms with van der Waals surface area (Å²) in [7, 11) is 0. The summed E-state index contributed by atoms with van der Waals surface area (Å²) in [4.78, 5) is 6.45. The van der Waals surface area contributed by atoms with Crippen molar-refractivity contribution >= 4 is 11.8 Å². The molecule has 0 saturated carbocycles. The van der Waals surface area contributed by atoms with E-state index in [2.05, 4.69) is 20.1 Å². The normalized spacial score (nSPS) is 15.1. The molecule has 27 heavy (non-hydrogen) atoms. The largest absolute Gasteiger partial charge is 0.379 e. The Balaban J connectivity index is 1.59. The number of pyridine rings is 1. The van der Waals surface area contributed by atoms with Crippen LogP contribution in [0.1, 0.15) is 0 Å². The van der Waals surface area contributed by atoms with Crippen LogP contribution in [0.2, 0.25) is 0 Å². The molecule has 140 valence electrons. The zero-order valence-corrected chi connectivity index (χ0v) is 15.6. The van der Waals surface area contributed by atoms with E-state index in [0.29, 0.717) is 0 Å². The first-order valence-electron chi connectivity index (χ1n) is 8.86. The number of halogens is 1. The highest BCUT2D eigenvalue weighted by atomic mass is 32.2. The molecule has 1 aliphatic heterocycles. The maximum atomic E-state index is 13.4. The van der Waals surface area contributed by atoms with Gasteiger partial charge >= 0.3 is 0 Å². The van der Waals surface area contributed by atoms with Gasteiger partial charge in [0.15, 0.2) is 11.0 Å². The topological polar surface area (TPSA) is 56.1 Å². The number of nitrogens with zero attached hydrogens (tertiary/aromatic N) is 5. The summed E-state index contributed by atoms with van der Waals surface area (Å²) in [5.41, 5.74) is 1.75. The lowest BCUT2D eigenvalue weighted by molar-refractivity contribution is 0.0410. The van der Waals surface area contributed by atoms with Gasteiger partial charge in [0.1, 0.15) is 5.82 Å². The highest BCUT2D eigenvalue weighted by Gasteiger charge is 2.17. The molecular formula is C19H20FN5OS. The third kappa shape index (κ3) is 4.35. The molecule has 0 N–H and O–H groups in total. The molecule has 3 aromatic rings. The zero-order chi connectivity index (χ0) is 18.5. The second-order valence-electron chi connectivity index (χ2n) is 6.16. The van der Waals surface area contributed by atoms with Crippen molar-refractivity contribution in [1.29, 1.82) is 0 Å². The van der Waals surface area contributed by atoms with Crippen molar-refractivity contribution < 1.29 is 9.13 Å². The Labute approximate surface area is 161 Å². The zero-order valence-electron chi connectivity index (χ0n) is 14.8. The first-order valence-corrected chi connectivity index (χ1v) is 9.84.